The molecule has 2 atom stereocenters. The summed E-state index contributed by atoms with van der Waals surface area (Å²) in [6.07, 6.45) is 1.57. The molecule has 1 fully saturated rings. The number of nitrogens with zero attached hydrogens (tertiary/aromatic N) is 1. The highest BCUT2D eigenvalue weighted by molar-refractivity contribution is 14.1. The van der Waals surface area contributed by atoms with Crippen molar-refractivity contribution < 1.29 is 22.7 Å². The number of hydrogen-bond acceptors (Lipinski definition) is 3. The number of rotatable bonds is 5. The maximum absolute atomic E-state index is 13.2. The topological polar surface area (TPSA) is 42.4 Å². The molecule has 1 saturated carbocycles. The lowest BCUT2D eigenvalue weighted by molar-refractivity contribution is -0.137. The van der Waals surface area contributed by atoms with Crippen LogP contribution in [0.3, 0.4) is 0 Å². The molecule has 3 nitrogen and oxygen atoms in total. The van der Waals surface area contributed by atoms with Crippen molar-refractivity contribution >= 4 is 30.9 Å². The molecule has 8 heteroatoms. The van der Waals surface area contributed by atoms with E-state index in [1.54, 1.807) is 0 Å². The van der Waals surface area contributed by atoms with Crippen molar-refractivity contribution in [1.82, 2.24) is 4.98 Å². The SMILES string of the molecule is CC1(C)Cc2nc(C3CCCCC3)c([C@@H](O)c3ccc(C(F)(F)F)cc3)c(I)c2[C@@H](O[Si](C)(C)C(C)(C)C)C1. The average Bonchev–Trinajstić information content (AvgIpc) is 2.81. The molecule has 0 radical (unpaired) electrons. The molecular weight excluding hydrogens is 630 g/mol. The van der Waals surface area contributed by atoms with Gasteiger partial charge >= 0.3 is 6.18 Å². The van der Waals surface area contributed by atoms with Crippen LogP contribution < -0.4 is 0 Å². The highest BCUT2D eigenvalue weighted by atomic mass is 127. The van der Waals surface area contributed by atoms with E-state index in [-0.39, 0.29) is 22.5 Å². The first-order valence-electron chi connectivity index (χ1n) is 14.2. The molecule has 0 amide bonds. The van der Waals surface area contributed by atoms with E-state index in [9.17, 15) is 18.3 Å². The van der Waals surface area contributed by atoms with Crippen LogP contribution in [-0.2, 0) is 17.0 Å². The van der Waals surface area contributed by atoms with Crippen molar-refractivity contribution in [3.05, 3.63) is 61.5 Å². The molecule has 0 bridgehead atoms. The van der Waals surface area contributed by atoms with Crippen LogP contribution >= 0.6 is 22.6 Å². The molecule has 2 aliphatic carbocycles. The number of pyridine rings is 1. The molecule has 2 aromatic rings. The number of aliphatic hydroxyl groups is 1. The van der Waals surface area contributed by atoms with Gasteiger partial charge in [0.25, 0.3) is 0 Å². The summed E-state index contributed by atoms with van der Waals surface area (Å²) in [5.74, 6) is 0.237. The summed E-state index contributed by atoms with van der Waals surface area (Å²) in [6, 6.07) is 4.92. The van der Waals surface area contributed by atoms with Gasteiger partial charge in [-0.3, -0.25) is 4.98 Å². The Hall–Kier alpha value is -0.973. The van der Waals surface area contributed by atoms with E-state index in [0.29, 0.717) is 5.56 Å². The minimum absolute atomic E-state index is 0.0213. The molecule has 1 N–H and O–H groups in total. The van der Waals surface area contributed by atoms with Crippen LogP contribution in [0.15, 0.2) is 24.3 Å². The summed E-state index contributed by atoms with van der Waals surface area (Å²) in [5, 5.41) is 11.8. The van der Waals surface area contributed by atoms with Crippen molar-refractivity contribution in [1.29, 1.82) is 0 Å². The minimum Gasteiger partial charge on any atom is -0.410 e. The zero-order chi connectivity index (χ0) is 29.0. The number of aromatic nitrogens is 1. The van der Waals surface area contributed by atoms with Crippen LogP contribution in [0.2, 0.25) is 18.1 Å². The summed E-state index contributed by atoms with van der Waals surface area (Å²) < 4.78 is 47.7. The third kappa shape index (κ3) is 6.59. The Bertz CT molecular complexity index is 1180. The second-order valence-corrected chi connectivity index (χ2v) is 19.7. The van der Waals surface area contributed by atoms with Crippen molar-refractivity contribution in [3.63, 3.8) is 0 Å². The van der Waals surface area contributed by atoms with Crippen LogP contribution in [-0.4, -0.2) is 18.4 Å². The number of halogens is 4. The van der Waals surface area contributed by atoms with Crippen LogP contribution in [0.5, 0.6) is 0 Å². The zero-order valence-corrected chi connectivity index (χ0v) is 27.5. The first-order valence-corrected chi connectivity index (χ1v) is 18.1. The van der Waals surface area contributed by atoms with E-state index in [1.165, 1.54) is 18.6 Å². The molecule has 0 spiro atoms. The van der Waals surface area contributed by atoms with Gasteiger partial charge in [0.05, 0.1) is 17.4 Å². The van der Waals surface area contributed by atoms with Gasteiger partial charge in [-0.05, 0) is 89.5 Å². The molecule has 2 aliphatic rings. The van der Waals surface area contributed by atoms with Gasteiger partial charge in [0.2, 0.25) is 0 Å². The van der Waals surface area contributed by atoms with E-state index in [4.69, 9.17) is 9.41 Å². The highest BCUT2D eigenvalue weighted by Crippen LogP contribution is 2.51. The fourth-order valence-corrected chi connectivity index (χ4v) is 8.34. The van der Waals surface area contributed by atoms with E-state index in [2.05, 4.69) is 70.3 Å². The quantitative estimate of drug-likeness (QED) is 0.254. The van der Waals surface area contributed by atoms with Gasteiger partial charge < -0.3 is 9.53 Å². The van der Waals surface area contributed by atoms with Gasteiger partial charge in [-0.25, -0.2) is 0 Å². The Balaban J connectivity index is 1.88. The highest BCUT2D eigenvalue weighted by Gasteiger charge is 2.45. The maximum Gasteiger partial charge on any atom is 0.416 e. The minimum atomic E-state index is -4.42. The lowest BCUT2D eigenvalue weighted by atomic mass is 9.73. The van der Waals surface area contributed by atoms with E-state index in [0.717, 1.165) is 76.7 Å². The summed E-state index contributed by atoms with van der Waals surface area (Å²) in [4.78, 5) is 5.33. The monoisotopic (exact) mass is 673 g/mol. The van der Waals surface area contributed by atoms with Gasteiger partial charge in [-0.1, -0.05) is 66.0 Å². The Kier molecular flexibility index (Phi) is 8.75. The fraction of sp³-hybridized carbons (Fsp3) is 0.645. The normalized spacial score (nSPS) is 21.5. The summed E-state index contributed by atoms with van der Waals surface area (Å²) in [6.45, 7) is 15.8. The summed E-state index contributed by atoms with van der Waals surface area (Å²) >= 11 is 2.36. The van der Waals surface area contributed by atoms with E-state index in [1.807, 2.05) is 0 Å². The molecule has 216 valence electrons. The third-order valence-electron chi connectivity index (χ3n) is 9.08. The summed E-state index contributed by atoms with van der Waals surface area (Å²) in [5.41, 5.74) is 3.57. The largest absolute Gasteiger partial charge is 0.416 e. The van der Waals surface area contributed by atoms with Gasteiger partial charge in [-0.15, -0.1) is 0 Å². The van der Waals surface area contributed by atoms with Crippen LogP contribution in [0.25, 0.3) is 0 Å². The molecule has 4 rings (SSSR count). The molecule has 1 heterocycles. The Morgan fingerprint density at radius 1 is 1.05 bits per heavy atom. The second-order valence-electron chi connectivity index (χ2n) is 13.9. The molecular formula is C31H43F3INO2Si. The number of alkyl halides is 3. The van der Waals surface area contributed by atoms with Crippen molar-refractivity contribution in [2.24, 2.45) is 5.41 Å². The smallest absolute Gasteiger partial charge is 0.410 e. The fourth-order valence-electron chi connectivity index (χ4n) is 5.84. The van der Waals surface area contributed by atoms with Gasteiger partial charge in [-0.2, -0.15) is 13.2 Å². The van der Waals surface area contributed by atoms with Crippen LogP contribution in [0.4, 0.5) is 13.2 Å². The average molecular weight is 674 g/mol. The Morgan fingerprint density at radius 2 is 1.64 bits per heavy atom. The predicted octanol–water partition coefficient (Wildman–Crippen LogP) is 9.87. The first-order chi connectivity index (χ1) is 17.9. The molecule has 0 unspecified atom stereocenters. The Labute approximate surface area is 246 Å². The Morgan fingerprint density at radius 3 is 2.18 bits per heavy atom. The molecule has 0 saturated heterocycles. The van der Waals surface area contributed by atoms with Crippen molar-refractivity contribution in [3.8, 4) is 0 Å². The van der Waals surface area contributed by atoms with Gasteiger partial charge in [0.15, 0.2) is 8.32 Å². The maximum atomic E-state index is 13.2. The predicted molar refractivity (Wildman–Crippen MR) is 161 cm³/mol. The van der Waals surface area contributed by atoms with E-state index < -0.39 is 26.2 Å². The zero-order valence-electron chi connectivity index (χ0n) is 24.3. The summed E-state index contributed by atoms with van der Waals surface area (Å²) in [7, 11) is -2.12. The number of benzene rings is 1. The van der Waals surface area contributed by atoms with Crippen LogP contribution in [0.1, 0.15) is 125 Å². The third-order valence-corrected chi connectivity index (χ3v) is 14.7. The molecule has 1 aromatic carbocycles. The van der Waals surface area contributed by atoms with Gasteiger partial charge in [0.1, 0.15) is 6.10 Å². The number of hydrogen-bond donors (Lipinski definition) is 1. The molecule has 1 aromatic heterocycles. The lowest BCUT2D eigenvalue weighted by Crippen LogP contribution is -2.44. The number of fused-ring (bicyclic) bond motifs is 1. The molecule has 0 aliphatic heterocycles. The first kappa shape index (κ1) is 31.0. The van der Waals surface area contributed by atoms with Crippen molar-refractivity contribution in [2.75, 3.05) is 0 Å². The molecule has 39 heavy (non-hydrogen) atoms. The van der Waals surface area contributed by atoms with Gasteiger partial charge in [0, 0.05) is 26.3 Å². The van der Waals surface area contributed by atoms with Crippen LogP contribution in [0, 0.1) is 8.99 Å². The standard InChI is InChI=1S/C31H43F3INO2Si/c1-29(2,3)39(6,7)38-23-18-30(4,5)17-22-24(23)26(35)25(27(36-22)19-11-9-8-10-12-19)28(37)20-13-15-21(16-14-20)31(32,33)34/h13-16,19,23,28,37H,8-12,17-18H2,1-7H3/t23-,28-/m0/s1. The lowest BCUT2D eigenvalue weighted by Gasteiger charge is -2.45. The second kappa shape index (κ2) is 11.0. The number of aliphatic hydroxyl groups excluding tert-OH is 1. The van der Waals surface area contributed by atoms with Crippen molar-refractivity contribution in [2.45, 2.75) is 122 Å². The van der Waals surface area contributed by atoms with E-state index >= 15 is 0 Å².